The molecule has 0 radical (unpaired) electrons. The lowest BCUT2D eigenvalue weighted by Gasteiger charge is -2.39. The van der Waals surface area contributed by atoms with Crippen LogP contribution >= 0.6 is 0 Å². The molecule has 0 atom stereocenters. The molecule has 1 amide bonds. The van der Waals surface area contributed by atoms with Gasteiger partial charge >= 0.3 is 6.09 Å². The van der Waals surface area contributed by atoms with Crippen LogP contribution in [0, 0.1) is 0 Å². The minimum atomic E-state index is -0.399. The molecule has 1 aromatic carbocycles. The highest BCUT2D eigenvalue weighted by atomic mass is 16.6. The Labute approximate surface area is 147 Å². The number of carbonyl (C=O) groups is 1. The van der Waals surface area contributed by atoms with Gasteiger partial charge in [-0.3, -0.25) is 0 Å². The molecular formula is C18H23N5O2. The zero-order valence-electron chi connectivity index (χ0n) is 14.7. The number of rotatable bonds is 3. The fourth-order valence-electron chi connectivity index (χ4n) is 2.56. The molecule has 7 nitrogen and oxygen atoms in total. The van der Waals surface area contributed by atoms with Crippen molar-refractivity contribution in [1.29, 1.82) is 0 Å². The van der Waals surface area contributed by atoms with E-state index in [1.54, 1.807) is 0 Å². The van der Waals surface area contributed by atoms with E-state index in [1.165, 1.54) is 0 Å². The summed E-state index contributed by atoms with van der Waals surface area (Å²) in [7, 11) is 0. The van der Waals surface area contributed by atoms with Gasteiger partial charge in [-0.2, -0.15) is 4.98 Å². The van der Waals surface area contributed by atoms with Crippen molar-refractivity contribution in [2.75, 3.05) is 23.7 Å². The normalized spacial score (nSPS) is 14.8. The zero-order valence-corrected chi connectivity index (χ0v) is 14.7. The fraction of sp³-hybridized carbons (Fsp3) is 0.389. The lowest BCUT2D eigenvalue weighted by molar-refractivity contribution is 0.0753. The molecule has 132 valence electrons. The molecule has 1 fully saturated rings. The minimum absolute atomic E-state index is 0.154. The van der Waals surface area contributed by atoms with Crippen LogP contribution in [0.3, 0.4) is 0 Å². The smallest absolute Gasteiger partial charge is 0.407 e. The largest absolute Gasteiger partial charge is 0.442 e. The van der Waals surface area contributed by atoms with E-state index in [9.17, 15) is 4.79 Å². The van der Waals surface area contributed by atoms with E-state index in [-0.39, 0.29) is 17.6 Å². The van der Waals surface area contributed by atoms with Gasteiger partial charge in [-0.25, -0.2) is 9.78 Å². The fourth-order valence-corrected chi connectivity index (χ4v) is 2.56. The first-order chi connectivity index (χ1) is 11.8. The summed E-state index contributed by atoms with van der Waals surface area (Å²) in [5, 5.41) is 2.79. The number of ether oxygens (including phenoxy) is 1. The molecule has 1 aliphatic heterocycles. The van der Waals surface area contributed by atoms with Crippen LogP contribution in [0.4, 0.5) is 16.6 Å². The topological polar surface area (TPSA) is 93.4 Å². The highest BCUT2D eigenvalue weighted by Gasteiger charge is 2.32. The van der Waals surface area contributed by atoms with Crippen molar-refractivity contribution < 1.29 is 9.53 Å². The molecule has 1 saturated heterocycles. The molecule has 25 heavy (non-hydrogen) atoms. The van der Waals surface area contributed by atoms with Gasteiger partial charge in [0.15, 0.2) is 0 Å². The van der Waals surface area contributed by atoms with E-state index in [0.29, 0.717) is 13.1 Å². The third kappa shape index (κ3) is 4.37. The molecule has 3 N–H and O–H groups in total. The van der Waals surface area contributed by atoms with Crippen molar-refractivity contribution in [2.45, 2.75) is 32.4 Å². The molecule has 2 aromatic rings. The maximum Gasteiger partial charge on any atom is 0.407 e. The summed E-state index contributed by atoms with van der Waals surface area (Å²) in [6.45, 7) is 6.91. The summed E-state index contributed by atoms with van der Waals surface area (Å²) < 4.78 is 5.39. The Morgan fingerprint density at radius 2 is 1.92 bits per heavy atom. The van der Waals surface area contributed by atoms with Crippen molar-refractivity contribution in [3.63, 3.8) is 0 Å². The standard InChI is InChI=1S/C18H23N5O2/c1-18(2,3)22-17(24)25-13-10-23(11-13)15-9-14(20-16(19)21-15)12-7-5-4-6-8-12/h4-9,13H,10-11H2,1-3H3,(H,22,24)(H2,19,20,21). The number of aromatic nitrogens is 2. The van der Waals surface area contributed by atoms with Crippen LogP contribution in [0.1, 0.15) is 20.8 Å². The Kier molecular flexibility index (Phi) is 4.48. The predicted molar refractivity (Wildman–Crippen MR) is 97.3 cm³/mol. The summed E-state index contributed by atoms with van der Waals surface area (Å²) in [4.78, 5) is 22.4. The maximum atomic E-state index is 11.8. The van der Waals surface area contributed by atoms with Crippen LogP contribution < -0.4 is 16.0 Å². The second-order valence-electron chi connectivity index (χ2n) is 7.14. The zero-order chi connectivity index (χ0) is 18.0. The quantitative estimate of drug-likeness (QED) is 0.891. The van der Waals surface area contributed by atoms with Crippen molar-refractivity contribution in [1.82, 2.24) is 15.3 Å². The van der Waals surface area contributed by atoms with Gasteiger partial charge in [0.05, 0.1) is 18.8 Å². The number of nitrogens with one attached hydrogen (secondary N) is 1. The van der Waals surface area contributed by atoms with Crippen LogP contribution in [0.15, 0.2) is 36.4 Å². The van der Waals surface area contributed by atoms with E-state index in [4.69, 9.17) is 10.5 Å². The van der Waals surface area contributed by atoms with Crippen LogP contribution in [-0.4, -0.2) is 40.8 Å². The average molecular weight is 341 g/mol. The monoisotopic (exact) mass is 341 g/mol. The summed E-state index contributed by atoms with van der Waals surface area (Å²) in [6, 6.07) is 11.7. The Bertz CT molecular complexity index is 752. The van der Waals surface area contributed by atoms with Gasteiger partial charge in [-0.05, 0) is 20.8 Å². The third-order valence-corrected chi connectivity index (χ3v) is 3.72. The Morgan fingerprint density at radius 3 is 2.56 bits per heavy atom. The van der Waals surface area contributed by atoms with E-state index >= 15 is 0 Å². The van der Waals surface area contributed by atoms with Crippen molar-refractivity contribution in [3.8, 4) is 11.3 Å². The number of alkyl carbamates (subject to hydrolysis) is 1. The van der Waals surface area contributed by atoms with Crippen LogP contribution in [-0.2, 0) is 4.74 Å². The number of nitrogens with zero attached hydrogens (tertiary/aromatic N) is 3. The highest BCUT2D eigenvalue weighted by molar-refractivity contribution is 5.69. The summed E-state index contributed by atoms with van der Waals surface area (Å²) in [5.74, 6) is 0.966. The maximum absolute atomic E-state index is 11.8. The predicted octanol–water partition coefficient (Wildman–Crippen LogP) is 2.44. The molecule has 7 heteroatoms. The average Bonchev–Trinajstić information content (AvgIpc) is 2.49. The molecule has 1 aromatic heterocycles. The summed E-state index contributed by atoms with van der Waals surface area (Å²) in [6.07, 6.45) is -0.553. The Morgan fingerprint density at radius 1 is 1.24 bits per heavy atom. The second kappa shape index (κ2) is 6.58. The summed E-state index contributed by atoms with van der Waals surface area (Å²) >= 11 is 0. The Balaban J connectivity index is 1.63. The number of amides is 1. The molecule has 3 rings (SSSR count). The van der Waals surface area contributed by atoms with E-state index in [2.05, 4.69) is 15.3 Å². The molecule has 1 aliphatic rings. The lowest BCUT2D eigenvalue weighted by Crippen LogP contribution is -2.55. The number of nitrogen functional groups attached to an aromatic ring is 1. The van der Waals surface area contributed by atoms with Crippen LogP contribution in [0.25, 0.3) is 11.3 Å². The van der Waals surface area contributed by atoms with Gasteiger partial charge in [-0.15, -0.1) is 0 Å². The van der Waals surface area contributed by atoms with Gasteiger partial charge < -0.3 is 20.7 Å². The number of benzene rings is 1. The molecular weight excluding hydrogens is 318 g/mol. The first-order valence-corrected chi connectivity index (χ1v) is 8.24. The van der Waals surface area contributed by atoms with Gasteiger partial charge in [0.25, 0.3) is 0 Å². The summed E-state index contributed by atoms with van der Waals surface area (Å²) in [5.41, 5.74) is 7.30. The SMILES string of the molecule is CC(C)(C)NC(=O)OC1CN(c2cc(-c3ccccc3)nc(N)n2)C1. The van der Waals surface area contributed by atoms with Crippen LogP contribution in [0.5, 0.6) is 0 Å². The number of hydrogen-bond donors (Lipinski definition) is 2. The molecule has 0 bridgehead atoms. The number of anilines is 2. The molecule has 0 aliphatic carbocycles. The number of hydrogen-bond acceptors (Lipinski definition) is 6. The van der Waals surface area contributed by atoms with Crippen molar-refractivity contribution in [2.24, 2.45) is 0 Å². The van der Waals surface area contributed by atoms with E-state index in [1.807, 2.05) is 62.1 Å². The highest BCUT2D eigenvalue weighted by Crippen LogP contribution is 2.26. The van der Waals surface area contributed by atoms with Gasteiger partial charge in [0.2, 0.25) is 5.95 Å². The molecule has 0 saturated carbocycles. The lowest BCUT2D eigenvalue weighted by atomic mass is 10.1. The second-order valence-corrected chi connectivity index (χ2v) is 7.14. The molecule has 0 unspecified atom stereocenters. The van der Waals surface area contributed by atoms with Crippen molar-refractivity contribution in [3.05, 3.63) is 36.4 Å². The van der Waals surface area contributed by atoms with Gasteiger partial charge in [-0.1, -0.05) is 30.3 Å². The van der Waals surface area contributed by atoms with E-state index in [0.717, 1.165) is 17.1 Å². The Hall–Kier alpha value is -2.83. The minimum Gasteiger partial charge on any atom is -0.442 e. The van der Waals surface area contributed by atoms with Crippen molar-refractivity contribution >= 4 is 17.9 Å². The third-order valence-electron chi connectivity index (χ3n) is 3.72. The number of nitrogens with two attached hydrogens (primary N) is 1. The van der Waals surface area contributed by atoms with Gasteiger partial charge in [0, 0.05) is 17.2 Å². The molecule has 2 heterocycles. The first-order valence-electron chi connectivity index (χ1n) is 8.24. The van der Waals surface area contributed by atoms with Crippen LogP contribution in [0.2, 0.25) is 0 Å². The van der Waals surface area contributed by atoms with E-state index < -0.39 is 6.09 Å². The first kappa shape index (κ1) is 17.0. The van der Waals surface area contributed by atoms with Gasteiger partial charge in [0.1, 0.15) is 11.9 Å². The molecule has 0 spiro atoms. The number of carbonyl (C=O) groups excluding carboxylic acids is 1.